The van der Waals surface area contributed by atoms with E-state index in [1.54, 1.807) is 6.07 Å². The van der Waals surface area contributed by atoms with Gasteiger partial charge in [-0.1, -0.05) is 43.6 Å². The van der Waals surface area contributed by atoms with Crippen LogP contribution in [0.15, 0.2) is 76.1 Å². The number of carbonyl (C=O) groups excluding carboxylic acids is 1. The first-order valence-corrected chi connectivity index (χ1v) is 10.6. The molecule has 0 saturated carbocycles. The lowest BCUT2D eigenvalue weighted by molar-refractivity contribution is -0.384. The summed E-state index contributed by atoms with van der Waals surface area (Å²) in [6.07, 6.45) is 1.21. The molecule has 0 aliphatic heterocycles. The van der Waals surface area contributed by atoms with Gasteiger partial charge >= 0.3 is 5.97 Å². The predicted molar refractivity (Wildman–Crippen MR) is 126 cm³/mol. The van der Waals surface area contributed by atoms with E-state index in [0.29, 0.717) is 5.75 Å². The van der Waals surface area contributed by atoms with Gasteiger partial charge in [0.15, 0.2) is 0 Å². The van der Waals surface area contributed by atoms with Crippen LogP contribution in [-0.4, -0.2) is 10.9 Å². The van der Waals surface area contributed by atoms with Gasteiger partial charge in [0, 0.05) is 18.2 Å². The highest BCUT2D eigenvalue weighted by Gasteiger charge is 2.18. The van der Waals surface area contributed by atoms with Crippen molar-refractivity contribution in [1.82, 2.24) is 0 Å². The summed E-state index contributed by atoms with van der Waals surface area (Å²) in [6, 6.07) is 15.1. The number of non-ortho nitro benzene ring substituents is 1. The van der Waals surface area contributed by atoms with Crippen molar-refractivity contribution in [3.63, 3.8) is 0 Å². The van der Waals surface area contributed by atoms with Crippen molar-refractivity contribution in [3.8, 4) is 17.2 Å². The molecule has 0 fully saturated rings. The van der Waals surface area contributed by atoms with Crippen LogP contribution in [0.1, 0.15) is 35.7 Å². The summed E-state index contributed by atoms with van der Waals surface area (Å²) < 4.78 is 16.7. The molecule has 0 aliphatic rings. The summed E-state index contributed by atoms with van der Waals surface area (Å²) in [6.45, 7) is 4.05. The van der Waals surface area contributed by atoms with Crippen molar-refractivity contribution in [2.24, 2.45) is 0 Å². The monoisotopic (exact) mass is 479 g/mol. The van der Waals surface area contributed by atoms with Crippen LogP contribution in [0.4, 0.5) is 5.69 Å². The van der Waals surface area contributed by atoms with Gasteiger partial charge in [-0.2, -0.15) is 0 Å². The fraction of sp³-hybridized carbons (Fsp3) is 0.120. The Labute approximate surface area is 198 Å². The number of ether oxygens (including phenoxy) is 2. The number of esters is 1. The van der Waals surface area contributed by atoms with Crippen molar-refractivity contribution in [2.75, 3.05) is 0 Å². The summed E-state index contributed by atoms with van der Waals surface area (Å²) in [5.74, 6) is 0.0867. The van der Waals surface area contributed by atoms with E-state index in [1.807, 2.05) is 32.0 Å². The Morgan fingerprint density at radius 1 is 1.06 bits per heavy atom. The van der Waals surface area contributed by atoms with Crippen molar-refractivity contribution in [2.45, 2.75) is 19.8 Å². The van der Waals surface area contributed by atoms with E-state index in [4.69, 9.17) is 25.5 Å². The lowest BCUT2D eigenvalue weighted by Gasteiger charge is -2.13. The number of nitrogens with zero attached hydrogens (tertiary/aromatic N) is 1. The van der Waals surface area contributed by atoms with E-state index in [0.717, 1.165) is 17.7 Å². The number of rotatable bonds is 6. The van der Waals surface area contributed by atoms with Gasteiger partial charge in [0.25, 0.3) is 5.69 Å². The van der Waals surface area contributed by atoms with Crippen LogP contribution in [0.25, 0.3) is 11.0 Å². The molecule has 34 heavy (non-hydrogen) atoms. The third-order valence-electron chi connectivity index (χ3n) is 5.07. The standard InChI is InChI=1S/C25H18ClNO7/c1-14(2)17-5-3-4-6-21(17)34-23-13-32-22-12-16(8-10-19(22)24(23)28)33-25(29)18-9-7-15(27(30)31)11-20(18)26/h3-14H,1-2H3. The first-order valence-electron chi connectivity index (χ1n) is 10.2. The number of carbonyl (C=O) groups is 1. The Balaban J connectivity index is 1.59. The topological polar surface area (TPSA) is 109 Å². The first-order chi connectivity index (χ1) is 16.2. The van der Waals surface area contributed by atoms with Gasteiger partial charge < -0.3 is 13.9 Å². The number of fused-ring (bicyclic) bond motifs is 1. The first kappa shape index (κ1) is 23.0. The number of hydrogen-bond acceptors (Lipinski definition) is 7. The number of benzene rings is 3. The van der Waals surface area contributed by atoms with Crippen LogP contribution in [0.5, 0.6) is 17.2 Å². The second-order valence-corrected chi connectivity index (χ2v) is 8.10. The molecule has 1 aromatic heterocycles. The molecule has 0 spiro atoms. The molecule has 0 bridgehead atoms. The number of halogens is 1. The summed E-state index contributed by atoms with van der Waals surface area (Å²) in [5.41, 5.74) is 0.476. The van der Waals surface area contributed by atoms with Crippen molar-refractivity contribution >= 4 is 34.2 Å². The molecule has 0 radical (unpaired) electrons. The minimum Gasteiger partial charge on any atom is -0.460 e. The third kappa shape index (κ3) is 4.62. The SMILES string of the molecule is CC(C)c1ccccc1Oc1coc2cc(OC(=O)c3ccc([N+](=O)[O-])cc3Cl)ccc2c1=O. The van der Waals surface area contributed by atoms with E-state index < -0.39 is 10.9 Å². The molecule has 8 nitrogen and oxygen atoms in total. The van der Waals surface area contributed by atoms with Crippen molar-refractivity contribution in [1.29, 1.82) is 0 Å². The molecule has 3 aromatic carbocycles. The second kappa shape index (κ2) is 9.36. The largest absolute Gasteiger partial charge is 0.460 e. The highest BCUT2D eigenvalue weighted by atomic mass is 35.5. The molecule has 0 saturated heterocycles. The van der Waals surface area contributed by atoms with E-state index in [2.05, 4.69) is 0 Å². The highest BCUT2D eigenvalue weighted by Crippen LogP contribution is 2.30. The second-order valence-electron chi connectivity index (χ2n) is 7.69. The maximum Gasteiger partial charge on any atom is 0.345 e. The highest BCUT2D eigenvalue weighted by molar-refractivity contribution is 6.33. The normalized spacial score (nSPS) is 10.9. The minimum atomic E-state index is -0.813. The van der Waals surface area contributed by atoms with E-state index in [1.165, 1.54) is 30.5 Å². The molecule has 0 unspecified atom stereocenters. The quantitative estimate of drug-likeness (QED) is 0.134. The molecule has 0 amide bonds. The summed E-state index contributed by atoms with van der Waals surface area (Å²) in [7, 11) is 0. The van der Waals surface area contributed by atoms with Gasteiger partial charge in [-0.3, -0.25) is 14.9 Å². The molecular formula is C25H18ClNO7. The van der Waals surface area contributed by atoms with Gasteiger partial charge in [0.2, 0.25) is 11.2 Å². The van der Waals surface area contributed by atoms with E-state index in [-0.39, 0.29) is 50.1 Å². The van der Waals surface area contributed by atoms with Crippen LogP contribution in [0.3, 0.4) is 0 Å². The third-order valence-corrected chi connectivity index (χ3v) is 5.38. The number of hydrogen-bond donors (Lipinski definition) is 0. The number of para-hydroxylation sites is 1. The Kier molecular flexibility index (Phi) is 6.34. The zero-order chi connectivity index (χ0) is 24.4. The number of nitro benzene ring substituents is 1. The van der Waals surface area contributed by atoms with Crippen LogP contribution in [0.2, 0.25) is 5.02 Å². The molecule has 9 heteroatoms. The summed E-state index contributed by atoms with van der Waals surface area (Å²) in [5, 5.41) is 11.0. The van der Waals surface area contributed by atoms with Crippen LogP contribution < -0.4 is 14.9 Å². The van der Waals surface area contributed by atoms with Gasteiger partial charge in [0.05, 0.1) is 20.9 Å². The molecule has 172 valence electrons. The molecular weight excluding hydrogens is 462 g/mol. The molecule has 1 heterocycles. The van der Waals surface area contributed by atoms with Crippen LogP contribution >= 0.6 is 11.6 Å². The Morgan fingerprint density at radius 2 is 1.82 bits per heavy atom. The Morgan fingerprint density at radius 3 is 2.53 bits per heavy atom. The van der Waals surface area contributed by atoms with Crippen molar-refractivity contribution < 1.29 is 23.6 Å². The fourth-order valence-corrected chi connectivity index (χ4v) is 3.59. The molecule has 0 aliphatic carbocycles. The van der Waals surface area contributed by atoms with Gasteiger partial charge in [0.1, 0.15) is 23.3 Å². The van der Waals surface area contributed by atoms with E-state index >= 15 is 0 Å². The van der Waals surface area contributed by atoms with Gasteiger partial charge in [-0.25, -0.2) is 4.79 Å². The predicted octanol–water partition coefficient (Wildman–Crippen LogP) is 6.49. The fourth-order valence-electron chi connectivity index (χ4n) is 3.34. The van der Waals surface area contributed by atoms with Gasteiger partial charge in [-0.05, 0) is 35.7 Å². The minimum absolute atomic E-state index is 0.0306. The Bertz CT molecular complexity index is 1480. The Hall–Kier alpha value is -4.17. The smallest absolute Gasteiger partial charge is 0.345 e. The van der Waals surface area contributed by atoms with Crippen LogP contribution in [0, 0.1) is 10.1 Å². The average Bonchev–Trinajstić information content (AvgIpc) is 2.81. The zero-order valence-electron chi connectivity index (χ0n) is 18.1. The molecule has 0 N–H and O–H groups in total. The lowest BCUT2D eigenvalue weighted by atomic mass is 10.0. The van der Waals surface area contributed by atoms with Gasteiger partial charge in [-0.15, -0.1) is 0 Å². The zero-order valence-corrected chi connectivity index (χ0v) is 18.9. The average molecular weight is 480 g/mol. The van der Waals surface area contributed by atoms with Crippen LogP contribution in [-0.2, 0) is 0 Å². The van der Waals surface area contributed by atoms with Crippen molar-refractivity contribution in [3.05, 3.63) is 103 Å². The number of nitro groups is 1. The molecule has 0 atom stereocenters. The maximum absolute atomic E-state index is 12.9. The lowest BCUT2D eigenvalue weighted by Crippen LogP contribution is -2.10. The summed E-state index contributed by atoms with van der Waals surface area (Å²) in [4.78, 5) is 35.6. The maximum atomic E-state index is 12.9. The molecule has 4 aromatic rings. The summed E-state index contributed by atoms with van der Waals surface area (Å²) >= 11 is 5.99. The molecule has 4 rings (SSSR count). The van der Waals surface area contributed by atoms with E-state index in [9.17, 15) is 19.7 Å².